The molecule has 0 radical (unpaired) electrons. The molecule has 5 rings (SSSR count). The van der Waals surface area contributed by atoms with Crippen LogP contribution in [0, 0.1) is 6.92 Å². The summed E-state index contributed by atoms with van der Waals surface area (Å²) in [6.45, 7) is 4.49. The van der Waals surface area contributed by atoms with Crippen LogP contribution in [0.5, 0.6) is 0 Å². The van der Waals surface area contributed by atoms with Gasteiger partial charge in [-0.3, -0.25) is 0 Å². The first kappa shape index (κ1) is 19.4. The van der Waals surface area contributed by atoms with Crippen LogP contribution in [0.3, 0.4) is 0 Å². The maximum atomic E-state index is 5.72. The van der Waals surface area contributed by atoms with Gasteiger partial charge in [0.25, 0.3) is 0 Å². The Bertz CT molecular complexity index is 1330. The highest BCUT2D eigenvalue weighted by Gasteiger charge is 2.22. The van der Waals surface area contributed by atoms with Gasteiger partial charge in [-0.25, -0.2) is 0 Å². The zero-order valence-corrected chi connectivity index (χ0v) is 19.0. The Kier molecular flexibility index (Phi) is 5.11. The Hall–Kier alpha value is -2.60. The molecule has 0 saturated carbocycles. The van der Waals surface area contributed by atoms with Crippen LogP contribution in [0.15, 0.2) is 84.4 Å². The third-order valence-corrected chi connectivity index (χ3v) is 7.50. The highest BCUT2D eigenvalue weighted by atomic mass is 32.4. The van der Waals surface area contributed by atoms with Crippen molar-refractivity contribution in [3.05, 3.63) is 107 Å². The van der Waals surface area contributed by atoms with Gasteiger partial charge in [0.1, 0.15) is 0 Å². The summed E-state index contributed by atoms with van der Waals surface area (Å²) < 4.78 is 0. The summed E-state index contributed by atoms with van der Waals surface area (Å²) in [5.41, 5.74) is 10.8. The predicted octanol–water partition coefficient (Wildman–Crippen LogP) is 7.62. The molecule has 0 fully saturated rings. The summed E-state index contributed by atoms with van der Waals surface area (Å²) >= 11 is 5.72. The van der Waals surface area contributed by atoms with Crippen LogP contribution >= 0.6 is 7.36 Å². The molecule has 0 nitrogen and oxygen atoms in total. The summed E-state index contributed by atoms with van der Waals surface area (Å²) in [6, 6.07) is 28.7. The Morgan fingerprint density at radius 3 is 2.30 bits per heavy atom. The van der Waals surface area contributed by atoms with Crippen molar-refractivity contribution >= 4 is 40.8 Å². The molecule has 4 aromatic rings. The van der Waals surface area contributed by atoms with E-state index in [1.807, 2.05) is 0 Å². The smallest absolute Gasteiger partial charge is 0.0285 e. The molecule has 0 N–H and O–H groups in total. The molecule has 0 heterocycles. The normalized spacial score (nSPS) is 13.7. The van der Waals surface area contributed by atoms with Crippen LogP contribution < -0.4 is 5.30 Å². The van der Waals surface area contributed by atoms with Crippen molar-refractivity contribution in [2.45, 2.75) is 26.7 Å². The molecule has 0 atom stereocenters. The summed E-state index contributed by atoms with van der Waals surface area (Å²) in [5.74, 6) is 0. The maximum Gasteiger partial charge on any atom is 0.0285 e. The van der Waals surface area contributed by atoms with E-state index in [0.717, 1.165) is 20.2 Å². The van der Waals surface area contributed by atoms with Gasteiger partial charge in [-0.15, -0.1) is 0 Å². The minimum atomic E-state index is 0.887. The molecule has 0 amide bonds. The van der Waals surface area contributed by atoms with E-state index >= 15 is 0 Å². The summed E-state index contributed by atoms with van der Waals surface area (Å²) in [7, 11) is 0.887. The minimum Gasteiger partial charge on any atom is -0.0645 e. The van der Waals surface area contributed by atoms with E-state index in [2.05, 4.69) is 92.7 Å². The number of benzene rings is 4. The van der Waals surface area contributed by atoms with Crippen LogP contribution in [0.25, 0.3) is 27.5 Å². The van der Waals surface area contributed by atoms with E-state index in [9.17, 15) is 0 Å². The highest BCUT2D eigenvalue weighted by Crippen LogP contribution is 2.39. The molecule has 30 heavy (non-hydrogen) atoms. The van der Waals surface area contributed by atoms with Crippen molar-refractivity contribution in [2.24, 2.45) is 0 Å². The van der Waals surface area contributed by atoms with Crippen molar-refractivity contribution in [1.29, 1.82) is 0 Å². The van der Waals surface area contributed by atoms with Gasteiger partial charge in [0.05, 0.1) is 0 Å². The van der Waals surface area contributed by atoms with Crippen molar-refractivity contribution in [2.75, 3.05) is 0 Å². The standard InChI is InChI=1S/C28H23PS/c1-18-14-16-20-8-3-5-10-22(20)26(18)24-12-7-13-25(28(24)29-30)27-19(2)15-17-21-9-4-6-11-23(21)27/h3-14,16H,15,17H2,1-2H3. The van der Waals surface area contributed by atoms with Gasteiger partial charge >= 0.3 is 0 Å². The summed E-state index contributed by atoms with van der Waals surface area (Å²) in [5, 5.41) is 3.82. The molecule has 4 aromatic carbocycles. The number of hydrogen-bond acceptors (Lipinski definition) is 1. The Morgan fingerprint density at radius 2 is 1.43 bits per heavy atom. The fourth-order valence-corrected chi connectivity index (χ4v) is 5.98. The number of hydrogen-bond donors (Lipinski definition) is 0. The maximum absolute atomic E-state index is 5.72. The third-order valence-electron chi connectivity index (χ3n) is 6.29. The van der Waals surface area contributed by atoms with E-state index in [1.54, 1.807) is 0 Å². The molecule has 0 unspecified atom stereocenters. The van der Waals surface area contributed by atoms with E-state index in [-0.39, 0.29) is 0 Å². The number of fused-ring (bicyclic) bond motifs is 2. The van der Waals surface area contributed by atoms with E-state index in [1.165, 1.54) is 60.6 Å². The van der Waals surface area contributed by atoms with Gasteiger partial charge in [-0.1, -0.05) is 96.2 Å². The quantitative estimate of drug-likeness (QED) is 0.306. The van der Waals surface area contributed by atoms with E-state index in [0.29, 0.717) is 0 Å². The molecule has 0 saturated heterocycles. The topological polar surface area (TPSA) is 0 Å². The number of allylic oxidation sites excluding steroid dienone is 1. The first-order valence-electron chi connectivity index (χ1n) is 10.4. The van der Waals surface area contributed by atoms with Gasteiger partial charge in [0.2, 0.25) is 0 Å². The molecule has 0 aromatic heterocycles. The van der Waals surface area contributed by atoms with E-state index in [4.69, 9.17) is 11.8 Å². The van der Waals surface area contributed by atoms with Gasteiger partial charge in [-0.05, 0) is 76.4 Å². The highest BCUT2D eigenvalue weighted by molar-refractivity contribution is 7.99. The lowest BCUT2D eigenvalue weighted by Crippen LogP contribution is -2.12. The number of aryl methyl sites for hydroxylation is 2. The zero-order chi connectivity index (χ0) is 20.7. The first-order chi connectivity index (χ1) is 14.7. The van der Waals surface area contributed by atoms with Crippen LogP contribution in [-0.2, 0) is 18.2 Å². The molecule has 146 valence electrons. The fraction of sp³-hybridized carbons (Fsp3) is 0.143. The molecule has 2 heteroatoms. The summed E-state index contributed by atoms with van der Waals surface area (Å²) in [6.07, 6.45) is 2.23. The van der Waals surface area contributed by atoms with Crippen molar-refractivity contribution in [3.8, 4) is 11.1 Å². The lowest BCUT2D eigenvalue weighted by molar-refractivity contribution is 0.919. The van der Waals surface area contributed by atoms with Crippen molar-refractivity contribution in [3.63, 3.8) is 0 Å². The first-order valence-corrected chi connectivity index (χ1v) is 12.3. The lowest BCUT2D eigenvalue weighted by atomic mass is 9.82. The Balaban J connectivity index is 1.82. The monoisotopic (exact) mass is 422 g/mol. The Labute approximate surface area is 185 Å². The second kappa shape index (κ2) is 7.91. The summed E-state index contributed by atoms with van der Waals surface area (Å²) in [4.78, 5) is 0. The van der Waals surface area contributed by atoms with Gasteiger partial charge in [0.15, 0.2) is 0 Å². The minimum absolute atomic E-state index is 0.887. The molecular formula is C28H23PS. The van der Waals surface area contributed by atoms with Crippen molar-refractivity contribution in [1.82, 2.24) is 0 Å². The van der Waals surface area contributed by atoms with Crippen molar-refractivity contribution < 1.29 is 0 Å². The van der Waals surface area contributed by atoms with Gasteiger partial charge < -0.3 is 0 Å². The van der Waals surface area contributed by atoms with E-state index < -0.39 is 0 Å². The average molecular weight is 423 g/mol. The predicted molar refractivity (Wildman–Crippen MR) is 134 cm³/mol. The second-order valence-corrected chi connectivity index (χ2v) is 9.26. The average Bonchev–Trinajstić information content (AvgIpc) is 2.78. The zero-order valence-electron chi connectivity index (χ0n) is 17.3. The Morgan fingerprint density at radius 1 is 0.700 bits per heavy atom. The molecule has 1 aliphatic rings. The van der Waals surface area contributed by atoms with Crippen LogP contribution in [0.2, 0.25) is 0 Å². The molecule has 1 aliphatic carbocycles. The van der Waals surface area contributed by atoms with Gasteiger partial charge in [-0.2, -0.15) is 0 Å². The van der Waals surface area contributed by atoms with Crippen LogP contribution in [-0.4, -0.2) is 0 Å². The molecule has 0 spiro atoms. The third kappa shape index (κ3) is 3.14. The van der Waals surface area contributed by atoms with Gasteiger partial charge in [0, 0.05) is 12.7 Å². The fourth-order valence-electron chi connectivity index (χ4n) is 4.82. The van der Waals surface area contributed by atoms with Crippen LogP contribution in [0.1, 0.15) is 35.6 Å². The lowest BCUT2D eigenvalue weighted by Gasteiger charge is -2.24. The molecular weight excluding hydrogens is 399 g/mol. The largest absolute Gasteiger partial charge is 0.0645 e. The molecule has 0 aliphatic heterocycles. The number of rotatable bonds is 3. The molecule has 0 bridgehead atoms. The van der Waals surface area contributed by atoms with Crippen LogP contribution in [0.4, 0.5) is 0 Å². The second-order valence-electron chi connectivity index (χ2n) is 8.08. The SMILES string of the molecule is CC1=C(c2cccc(-c3c(C)ccc4ccccc34)c2P=S)c2ccccc2CC1.